The number of amides is 2. The van der Waals surface area contributed by atoms with Crippen molar-refractivity contribution in [1.82, 2.24) is 4.90 Å². The molecule has 0 bridgehead atoms. The molecule has 4 rings (SSSR count). The van der Waals surface area contributed by atoms with E-state index in [0.717, 1.165) is 12.1 Å². The first kappa shape index (κ1) is 20.8. The average molecular weight is 432 g/mol. The van der Waals surface area contributed by atoms with E-state index in [9.17, 15) is 26.7 Å². The fourth-order valence-corrected chi connectivity index (χ4v) is 3.79. The fourth-order valence-electron chi connectivity index (χ4n) is 3.79. The van der Waals surface area contributed by atoms with Gasteiger partial charge in [-0.05, 0) is 65.6 Å². The maximum atomic E-state index is 14.4. The number of benzene rings is 3. The number of halogens is 5. The van der Waals surface area contributed by atoms with Crippen molar-refractivity contribution in [1.29, 1.82) is 0 Å². The van der Waals surface area contributed by atoms with Gasteiger partial charge in [0.05, 0.1) is 11.6 Å². The number of nitrogens with one attached hydrogen (secondary N) is 1. The van der Waals surface area contributed by atoms with Gasteiger partial charge in [0.2, 0.25) is 0 Å². The Labute approximate surface area is 175 Å². The highest BCUT2D eigenvalue weighted by molar-refractivity contribution is 5.90. The molecule has 0 saturated heterocycles. The topological polar surface area (TPSA) is 32.3 Å². The van der Waals surface area contributed by atoms with Crippen molar-refractivity contribution in [3.8, 4) is 0 Å². The molecule has 8 heteroatoms. The third-order valence-corrected chi connectivity index (χ3v) is 5.27. The second-order valence-corrected chi connectivity index (χ2v) is 7.21. The lowest BCUT2D eigenvalue weighted by molar-refractivity contribution is -0.137. The molecule has 0 fully saturated rings. The minimum Gasteiger partial charge on any atom is -0.313 e. The van der Waals surface area contributed by atoms with Gasteiger partial charge >= 0.3 is 12.2 Å². The van der Waals surface area contributed by atoms with Crippen molar-refractivity contribution in [3.63, 3.8) is 0 Å². The predicted molar refractivity (Wildman–Crippen MR) is 106 cm³/mol. The third-order valence-electron chi connectivity index (χ3n) is 5.27. The van der Waals surface area contributed by atoms with Gasteiger partial charge in [-0.15, -0.1) is 0 Å². The summed E-state index contributed by atoms with van der Waals surface area (Å²) < 4.78 is 66.5. The van der Waals surface area contributed by atoms with Gasteiger partial charge < -0.3 is 10.2 Å². The van der Waals surface area contributed by atoms with Gasteiger partial charge in [-0.25, -0.2) is 13.6 Å². The van der Waals surface area contributed by atoms with Crippen LogP contribution in [-0.4, -0.2) is 17.5 Å². The van der Waals surface area contributed by atoms with E-state index in [4.69, 9.17) is 0 Å². The summed E-state index contributed by atoms with van der Waals surface area (Å²) in [6.45, 7) is 0.159. The quantitative estimate of drug-likeness (QED) is 0.483. The molecule has 3 aromatic rings. The minimum absolute atomic E-state index is 0.159. The number of carbonyl (C=O) groups is 1. The Balaban J connectivity index is 1.72. The lowest BCUT2D eigenvalue weighted by Crippen LogP contribution is -2.43. The van der Waals surface area contributed by atoms with E-state index in [1.807, 2.05) is 0 Å². The van der Waals surface area contributed by atoms with Gasteiger partial charge in [0.25, 0.3) is 0 Å². The highest BCUT2D eigenvalue weighted by atomic mass is 19.4. The standard InChI is InChI=1S/C23H17F5N2O/c24-16-8-10-17(11-9-16)29-22(31)30-13-12-18-19(2-1-3-20(18)25)21(30)14-4-6-15(7-5-14)23(26,27)28/h1-11,21H,12-13H2,(H,29,31)/t21-/m1/s1. The molecule has 3 aromatic carbocycles. The average Bonchev–Trinajstić information content (AvgIpc) is 2.74. The third kappa shape index (κ3) is 4.23. The lowest BCUT2D eigenvalue weighted by Gasteiger charge is -2.38. The fraction of sp³-hybridized carbons (Fsp3) is 0.174. The summed E-state index contributed by atoms with van der Waals surface area (Å²) in [6.07, 6.45) is -4.23. The van der Waals surface area contributed by atoms with Crippen molar-refractivity contribution in [2.24, 2.45) is 0 Å². The predicted octanol–water partition coefficient (Wildman–Crippen LogP) is 6.16. The summed E-state index contributed by atoms with van der Waals surface area (Å²) in [5.74, 6) is -0.879. The number of rotatable bonds is 2. The van der Waals surface area contributed by atoms with E-state index in [2.05, 4.69) is 5.32 Å². The molecule has 0 saturated carbocycles. The highest BCUT2D eigenvalue weighted by Gasteiger charge is 2.35. The molecule has 0 aliphatic carbocycles. The Kier molecular flexibility index (Phi) is 5.39. The Hall–Kier alpha value is -3.42. The maximum Gasteiger partial charge on any atom is 0.416 e. The first-order chi connectivity index (χ1) is 14.7. The van der Waals surface area contributed by atoms with Crippen LogP contribution >= 0.6 is 0 Å². The lowest BCUT2D eigenvalue weighted by atomic mass is 9.87. The van der Waals surface area contributed by atoms with Crippen LogP contribution in [0.1, 0.15) is 28.3 Å². The zero-order chi connectivity index (χ0) is 22.2. The molecule has 160 valence electrons. The molecule has 1 aliphatic heterocycles. The summed E-state index contributed by atoms with van der Waals surface area (Å²) >= 11 is 0. The van der Waals surface area contributed by atoms with Crippen LogP contribution in [0.3, 0.4) is 0 Å². The van der Waals surface area contributed by atoms with Gasteiger partial charge in [0, 0.05) is 12.2 Å². The number of urea groups is 1. The van der Waals surface area contributed by atoms with Crippen molar-refractivity contribution >= 4 is 11.7 Å². The molecule has 0 radical (unpaired) electrons. The highest BCUT2D eigenvalue weighted by Crippen LogP contribution is 2.38. The smallest absolute Gasteiger partial charge is 0.313 e. The first-order valence-corrected chi connectivity index (χ1v) is 9.51. The molecule has 0 unspecified atom stereocenters. The number of carbonyl (C=O) groups excluding carboxylic acids is 1. The van der Waals surface area contributed by atoms with Crippen LogP contribution in [0.2, 0.25) is 0 Å². The van der Waals surface area contributed by atoms with E-state index in [-0.39, 0.29) is 13.0 Å². The number of anilines is 1. The summed E-state index contributed by atoms with van der Waals surface area (Å²) in [5, 5.41) is 2.67. The van der Waals surface area contributed by atoms with Crippen LogP contribution in [0.5, 0.6) is 0 Å². The van der Waals surface area contributed by atoms with Gasteiger partial charge in [0.15, 0.2) is 0 Å². The molecular weight excluding hydrogens is 415 g/mol. The first-order valence-electron chi connectivity index (χ1n) is 9.51. The molecule has 2 amide bonds. The molecule has 1 N–H and O–H groups in total. The van der Waals surface area contributed by atoms with Crippen molar-refractivity contribution in [2.75, 3.05) is 11.9 Å². The van der Waals surface area contributed by atoms with Crippen LogP contribution < -0.4 is 5.32 Å². The number of hydrogen-bond donors (Lipinski definition) is 1. The summed E-state index contributed by atoms with van der Waals surface area (Å²) in [4.78, 5) is 14.4. The minimum atomic E-state index is -4.49. The Morgan fingerprint density at radius 2 is 1.61 bits per heavy atom. The largest absolute Gasteiger partial charge is 0.416 e. The van der Waals surface area contributed by atoms with Crippen LogP contribution in [0, 0.1) is 11.6 Å². The molecule has 3 nitrogen and oxygen atoms in total. The van der Waals surface area contributed by atoms with Crippen molar-refractivity contribution < 1.29 is 26.7 Å². The molecule has 1 heterocycles. The summed E-state index contributed by atoms with van der Waals surface area (Å²) in [6, 6.07) is 12.9. The van der Waals surface area contributed by atoms with Crippen LogP contribution in [0.25, 0.3) is 0 Å². The van der Waals surface area contributed by atoms with E-state index in [1.54, 1.807) is 6.07 Å². The second-order valence-electron chi connectivity index (χ2n) is 7.21. The second kappa shape index (κ2) is 8.02. The molecular formula is C23H17F5N2O. The molecule has 0 aromatic heterocycles. The number of nitrogens with zero attached hydrogens (tertiary/aromatic N) is 1. The van der Waals surface area contributed by atoms with Crippen LogP contribution in [0.15, 0.2) is 66.7 Å². The zero-order valence-electron chi connectivity index (χ0n) is 16.1. The molecule has 31 heavy (non-hydrogen) atoms. The zero-order valence-corrected chi connectivity index (χ0v) is 16.1. The Bertz CT molecular complexity index is 1090. The Morgan fingerprint density at radius 1 is 0.935 bits per heavy atom. The van der Waals surface area contributed by atoms with E-state index in [0.29, 0.717) is 22.4 Å². The van der Waals surface area contributed by atoms with E-state index < -0.39 is 35.4 Å². The van der Waals surface area contributed by atoms with Gasteiger partial charge in [0.1, 0.15) is 11.6 Å². The van der Waals surface area contributed by atoms with Crippen molar-refractivity contribution in [2.45, 2.75) is 18.6 Å². The molecule has 0 spiro atoms. The summed E-state index contributed by atoms with van der Waals surface area (Å²) in [5.41, 5.74) is 0.920. The van der Waals surface area contributed by atoms with Crippen LogP contribution in [0.4, 0.5) is 32.4 Å². The maximum absolute atomic E-state index is 14.4. The molecule has 1 atom stereocenters. The van der Waals surface area contributed by atoms with Gasteiger partial charge in [-0.1, -0.05) is 24.3 Å². The number of alkyl halides is 3. The molecule has 1 aliphatic rings. The number of hydrogen-bond acceptors (Lipinski definition) is 1. The monoisotopic (exact) mass is 432 g/mol. The van der Waals surface area contributed by atoms with Crippen molar-refractivity contribution in [3.05, 3.63) is 101 Å². The Morgan fingerprint density at radius 3 is 2.26 bits per heavy atom. The normalized spacial score (nSPS) is 16.0. The van der Waals surface area contributed by atoms with Crippen LogP contribution in [-0.2, 0) is 12.6 Å². The number of fused-ring (bicyclic) bond motifs is 1. The van der Waals surface area contributed by atoms with E-state index in [1.165, 1.54) is 53.4 Å². The summed E-state index contributed by atoms with van der Waals surface area (Å²) in [7, 11) is 0. The van der Waals surface area contributed by atoms with Gasteiger partial charge in [-0.3, -0.25) is 0 Å². The van der Waals surface area contributed by atoms with Gasteiger partial charge in [-0.2, -0.15) is 13.2 Å². The van der Waals surface area contributed by atoms with E-state index >= 15 is 0 Å². The SMILES string of the molecule is O=C(Nc1ccc(F)cc1)N1CCc2c(F)cccc2[C@H]1c1ccc(C(F)(F)F)cc1.